The number of rotatable bonds is 6. The predicted molar refractivity (Wildman–Crippen MR) is 95.8 cm³/mol. The van der Waals surface area contributed by atoms with E-state index in [1.165, 1.54) is 0 Å². The highest BCUT2D eigenvalue weighted by atomic mass is 79.9. The first-order chi connectivity index (χ1) is 11.6. The minimum atomic E-state index is -0.750. The summed E-state index contributed by atoms with van der Waals surface area (Å²) in [5.41, 5.74) is 2.12. The number of benzene rings is 2. The van der Waals surface area contributed by atoms with Gasteiger partial charge in [-0.15, -0.1) is 0 Å². The Morgan fingerprint density at radius 2 is 1.96 bits per heavy atom. The van der Waals surface area contributed by atoms with Crippen LogP contribution >= 0.6 is 15.9 Å². The van der Waals surface area contributed by atoms with Crippen molar-refractivity contribution in [3.8, 4) is 0 Å². The Bertz CT molecular complexity index is 814. The molecule has 0 fully saturated rings. The highest BCUT2D eigenvalue weighted by Crippen LogP contribution is 2.24. The smallest absolute Gasteiger partial charge is 0.164 e. The Labute approximate surface area is 148 Å². The van der Waals surface area contributed by atoms with E-state index in [2.05, 4.69) is 20.9 Å². The fraction of sp³-hybridized carbons (Fsp3) is 0.158. The molecule has 5 heteroatoms. The van der Waals surface area contributed by atoms with Crippen LogP contribution in [0.15, 0.2) is 71.7 Å². The van der Waals surface area contributed by atoms with E-state index in [0.717, 1.165) is 10.0 Å². The molecule has 0 radical (unpaired) electrons. The second kappa shape index (κ2) is 7.55. The average Bonchev–Trinajstić information content (AvgIpc) is 3.13. The van der Waals surface area contributed by atoms with Crippen LogP contribution in [0.3, 0.4) is 0 Å². The van der Waals surface area contributed by atoms with Crippen molar-refractivity contribution in [2.75, 3.05) is 0 Å². The molecular weight excluding hydrogens is 368 g/mol. The van der Waals surface area contributed by atoms with Gasteiger partial charge in [0.05, 0.1) is 6.33 Å². The number of hydrogen-bond acceptors (Lipinski definition) is 3. The standard InChI is InChI=1S/C19H17BrN2O2/c20-17-6-4-14(5-7-17)19(24)16-3-1-2-15(12-16)18(23)8-10-22-11-9-21-13-22/h1-7,9,11-13,19,24H,8,10H2. The number of ketones is 1. The molecule has 1 N–H and O–H groups in total. The highest BCUT2D eigenvalue weighted by molar-refractivity contribution is 9.10. The van der Waals surface area contributed by atoms with Crippen molar-refractivity contribution in [2.24, 2.45) is 0 Å². The first kappa shape index (κ1) is 16.6. The van der Waals surface area contributed by atoms with Gasteiger partial charge in [0.25, 0.3) is 0 Å². The molecule has 0 aliphatic heterocycles. The molecule has 24 heavy (non-hydrogen) atoms. The summed E-state index contributed by atoms with van der Waals surface area (Å²) in [6, 6.07) is 14.7. The third kappa shape index (κ3) is 3.99. The van der Waals surface area contributed by atoms with E-state index in [0.29, 0.717) is 24.1 Å². The largest absolute Gasteiger partial charge is 0.384 e. The zero-order valence-electron chi connectivity index (χ0n) is 13.0. The van der Waals surface area contributed by atoms with Gasteiger partial charge in [0.15, 0.2) is 5.78 Å². The van der Waals surface area contributed by atoms with Gasteiger partial charge in [0.1, 0.15) is 6.10 Å². The molecule has 1 heterocycles. The van der Waals surface area contributed by atoms with Gasteiger partial charge in [-0.25, -0.2) is 4.98 Å². The number of imidazole rings is 1. The summed E-state index contributed by atoms with van der Waals surface area (Å²) in [5, 5.41) is 10.5. The molecule has 1 aromatic heterocycles. The van der Waals surface area contributed by atoms with Crippen molar-refractivity contribution in [1.29, 1.82) is 0 Å². The zero-order valence-corrected chi connectivity index (χ0v) is 14.6. The van der Waals surface area contributed by atoms with Crippen LogP contribution in [-0.2, 0) is 6.54 Å². The molecule has 3 rings (SSSR count). The maximum absolute atomic E-state index is 12.4. The summed E-state index contributed by atoms with van der Waals surface area (Å²) in [5.74, 6) is 0.0496. The van der Waals surface area contributed by atoms with Crippen LogP contribution in [0.4, 0.5) is 0 Å². The molecule has 0 spiro atoms. The Morgan fingerprint density at radius 1 is 1.17 bits per heavy atom. The zero-order chi connectivity index (χ0) is 16.9. The maximum atomic E-state index is 12.4. The number of aryl methyl sites for hydroxylation is 1. The molecule has 2 aromatic carbocycles. The average molecular weight is 385 g/mol. The number of Topliss-reactive ketones (excluding diaryl/α,β-unsaturated/α-hetero) is 1. The molecule has 1 unspecified atom stereocenters. The Morgan fingerprint density at radius 3 is 2.67 bits per heavy atom. The van der Waals surface area contributed by atoms with Gasteiger partial charge in [0, 0.05) is 35.4 Å². The quantitative estimate of drug-likeness (QED) is 0.653. The van der Waals surface area contributed by atoms with Crippen molar-refractivity contribution < 1.29 is 9.90 Å². The number of aliphatic hydroxyl groups excluding tert-OH is 1. The molecule has 0 bridgehead atoms. The van der Waals surface area contributed by atoms with Crippen LogP contribution in [0.25, 0.3) is 0 Å². The highest BCUT2D eigenvalue weighted by Gasteiger charge is 2.13. The summed E-state index contributed by atoms with van der Waals surface area (Å²) in [6.45, 7) is 0.596. The Balaban J connectivity index is 1.73. The molecule has 0 saturated heterocycles. The van der Waals surface area contributed by atoms with E-state index in [1.54, 1.807) is 24.7 Å². The van der Waals surface area contributed by atoms with Gasteiger partial charge in [0.2, 0.25) is 0 Å². The first-order valence-corrected chi connectivity index (χ1v) is 8.45. The molecule has 0 saturated carbocycles. The van der Waals surface area contributed by atoms with Gasteiger partial charge < -0.3 is 9.67 Å². The number of hydrogen-bond donors (Lipinski definition) is 1. The van der Waals surface area contributed by atoms with Crippen LogP contribution in [-0.4, -0.2) is 20.4 Å². The van der Waals surface area contributed by atoms with Crippen LogP contribution < -0.4 is 0 Å². The lowest BCUT2D eigenvalue weighted by Crippen LogP contribution is -2.06. The summed E-state index contributed by atoms with van der Waals surface area (Å²) in [4.78, 5) is 16.3. The molecule has 1 atom stereocenters. The van der Waals surface area contributed by atoms with Crippen molar-refractivity contribution in [3.63, 3.8) is 0 Å². The van der Waals surface area contributed by atoms with E-state index in [9.17, 15) is 9.90 Å². The lowest BCUT2D eigenvalue weighted by molar-refractivity contribution is 0.0977. The minimum absolute atomic E-state index is 0.0496. The Hall–Kier alpha value is -2.24. The molecule has 4 nitrogen and oxygen atoms in total. The number of halogens is 1. The fourth-order valence-corrected chi connectivity index (χ4v) is 2.78. The predicted octanol–water partition coefficient (Wildman–Crippen LogP) is 4.00. The van der Waals surface area contributed by atoms with Gasteiger partial charge in [-0.3, -0.25) is 4.79 Å². The lowest BCUT2D eigenvalue weighted by atomic mass is 9.98. The van der Waals surface area contributed by atoms with Crippen molar-refractivity contribution in [1.82, 2.24) is 9.55 Å². The summed E-state index contributed by atoms with van der Waals surface area (Å²) >= 11 is 3.38. The van der Waals surface area contributed by atoms with E-state index in [4.69, 9.17) is 0 Å². The molecule has 0 aliphatic rings. The summed E-state index contributed by atoms with van der Waals surface area (Å²) in [6.07, 6.45) is 4.87. The summed E-state index contributed by atoms with van der Waals surface area (Å²) < 4.78 is 2.83. The van der Waals surface area contributed by atoms with E-state index in [-0.39, 0.29) is 5.78 Å². The molecule has 0 amide bonds. The van der Waals surface area contributed by atoms with Crippen LogP contribution in [0.1, 0.15) is 34.0 Å². The van der Waals surface area contributed by atoms with Crippen molar-refractivity contribution in [2.45, 2.75) is 19.1 Å². The van der Waals surface area contributed by atoms with Crippen molar-refractivity contribution >= 4 is 21.7 Å². The fourth-order valence-electron chi connectivity index (χ4n) is 2.51. The normalized spacial score (nSPS) is 12.1. The van der Waals surface area contributed by atoms with Crippen LogP contribution in [0.5, 0.6) is 0 Å². The van der Waals surface area contributed by atoms with Gasteiger partial charge >= 0.3 is 0 Å². The van der Waals surface area contributed by atoms with E-state index >= 15 is 0 Å². The van der Waals surface area contributed by atoms with E-state index in [1.807, 2.05) is 47.2 Å². The summed E-state index contributed by atoms with van der Waals surface area (Å²) in [7, 11) is 0. The maximum Gasteiger partial charge on any atom is 0.164 e. The van der Waals surface area contributed by atoms with Crippen LogP contribution in [0, 0.1) is 0 Å². The minimum Gasteiger partial charge on any atom is -0.384 e. The topological polar surface area (TPSA) is 55.1 Å². The number of aromatic nitrogens is 2. The lowest BCUT2D eigenvalue weighted by Gasteiger charge is -2.13. The van der Waals surface area contributed by atoms with Gasteiger partial charge in [-0.05, 0) is 29.3 Å². The molecular formula is C19H17BrN2O2. The number of carbonyl (C=O) groups is 1. The number of aliphatic hydroxyl groups is 1. The second-order valence-electron chi connectivity index (χ2n) is 5.55. The van der Waals surface area contributed by atoms with Crippen molar-refractivity contribution in [3.05, 3.63) is 88.4 Å². The molecule has 122 valence electrons. The monoisotopic (exact) mass is 384 g/mol. The number of carbonyl (C=O) groups excluding carboxylic acids is 1. The second-order valence-corrected chi connectivity index (χ2v) is 6.47. The SMILES string of the molecule is O=C(CCn1ccnc1)c1cccc(C(O)c2ccc(Br)cc2)c1. The van der Waals surface area contributed by atoms with Gasteiger partial charge in [-0.1, -0.05) is 46.3 Å². The van der Waals surface area contributed by atoms with E-state index < -0.39 is 6.10 Å². The molecule has 0 aliphatic carbocycles. The first-order valence-electron chi connectivity index (χ1n) is 7.66. The third-order valence-electron chi connectivity index (χ3n) is 3.87. The molecule has 3 aromatic rings. The van der Waals surface area contributed by atoms with Crippen LogP contribution in [0.2, 0.25) is 0 Å². The Kier molecular flexibility index (Phi) is 5.23. The van der Waals surface area contributed by atoms with Gasteiger partial charge in [-0.2, -0.15) is 0 Å². The third-order valence-corrected chi connectivity index (χ3v) is 4.40. The number of nitrogens with zero attached hydrogens (tertiary/aromatic N) is 2.